The van der Waals surface area contributed by atoms with Crippen LogP contribution < -0.4 is 0 Å². The quantitative estimate of drug-likeness (QED) is 0.622. The number of allylic oxidation sites excluding steroid dienone is 2. The molecule has 0 saturated heterocycles. The van der Waals surface area contributed by atoms with Gasteiger partial charge in [0.05, 0.1) is 0 Å². The lowest BCUT2D eigenvalue weighted by Gasteiger charge is -2.13. The molecule has 98 valence electrons. The summed E-state index contributed by atoms with van der Waals surface area (Å²) in [6, 6.07) is 6.90. The second-order valence-corrected chi connectivity index (χ2v) is 5.90. The first kappa shape index (κ1) is 13.4. The predicted molar refractivity (Wildman–Crippen MR) is 80.0 cm³/mol. The highest BCUT2D eigenvalue weighted by molar-refractivity contribution is 5.32. The summed E-state index contributed by atoms with van der Waals surface area (Å²) >= 11 is 0. The van der Waals surface area contributed by atoms with Crippen molar-refractivity contribution in [2.24, 2.45) is 5.92 Å². The molecule has 0 amide bonds. The van der Waals surface area contributed by atoms with E-state index in [1.807, 2.05) is 0 Å². The Labute approximate surface area is 112 Å². The van der Waals surface area contributed by atoms with Crippen LogP contribution in [0.25, 0.3) is 0 Å². The molecule has 0 bridgehead atoms. The van der Waals surface area contributed by atoms with Crippen LogP contribution in [0.1, 0.15) is 55.7 Å². The minimum atomic E-state index is 0.961. The summed E-state index contributed by atoms with van der Waals surface area (Å²) in [6.45, 7) is 6.60. The van der Waals surface area contributed by atoms with E-state index in [0.717, 1.165) is 12.3 Å². The van der Waals surface area contributed by atoms with E-state index in [0.29, 0.717) is 0 Å². The first-order valence-electron chi connectivity index (χ1n) is 7.39. The third kappa shape index (κ3) is 3.48. The summed E-state index contributed by atoms with van der Waals surface area (Å²) in [5.74, 6) is 0.961. The molecule has 2 rings (SSSR count). The predicted octanol–water partition coefficient (Wildman–Crippen LogP) is 5.37. The van der Waals surface area contributed by atoms with E-state index in [-0.39, 0.29) is 0 Å². The van der Waals surface area contributed by atoms with Crippen molar-refractivity contribution in [3.8, 4) is 0 Å². The Kier molecular flexibility index (Phi) is 4.63. The van der Waals surface area contributed by atoms with E-state index in [9.17, 15) is 0 Å². The SMILES string of the molecule is C/C=C(\Cc1ccc(C)c(C)c1)CC1CCCC1. The molecule has 1 saturated carbocycles. The molecule has 0 unspecified atom stereocenters. The number of benzene rings is 1. The average Bonchev–Trinajstić information content (AvgIpc) is 2.86. The van der Waals surface area contributed by atoms with Crippen molar-refractivity contribution >= 4 is 0 Å². The Morgan fingerprint density at radius 3 is 2.50 bits per heavy atom. The van der Waals surface area contributed by atoms with Gasteiger partial charge in [0.25, 0.3) is 0 Å². The number of hydrogen-bond donors (Lipinski definition) is 0. The Bertz CT molecular complexity index is 420. The van der Waals surface area contributed by atoms with E-state index in [4.69, 9.17) is 0 Å². The van der Waals surface area contributed by atoms with Gasteiger partial charge in [-0.2, -0.15) is 0 Å². The number of rotatable bonds is 4. The molecule has 0 aliphatic heterocycles. The van der Waals surface area contributed by atoms with Gasteiger partial charge in [0.1, 0.15) is 0 Å². The van der Waals surface area contributed by atoms with Gasteiger partial charge < -0.3 is 0 Å². The zero-order chi connectivity index (χ0) is 13.0. The maximum absolute atomic E-state index is 2.35. The van der Waals surface area contributed by atoms with E-state index in [1.165, 1.54) is 48.8 Å². The molecule has 0 atom stereocenters. The van der Waals surface area contributed by atoms with Crippen LogP contribution in [0.3, 0.4) is 0 Å². The molecule has 1 aliphatic rings. The third-order valence-corrected chi connectivity index (χ3v) is 4.44. The Morgan fingerprint density at radius 2 is 1.89 bits per heavy atom. The summed E-state index contributed by atoms with van der Waals surface area (Å²) in [4.78, 5) is 0. The van der Waals surface area contributed by atoms with Gasteiger partial charge in [0.15, 0.2) is 0 Å². The van der Waals surface area contributed by atoms with E-state index in [1.54, 1.807) is 5.57 Å². The molecule has 0 nitrogen and oxygen atoms in total. The van der Waals surface area contributed by atoms with Crippen LogP contribution in [0.5, 0.6) is 0 Å². The molecule has 1 aromatic carbocycles. The second-order valence-electron chi connectivity index (χ2n) is 5.90. The summed E-state index contributed by atoms with van der Waals surface area (Å²) < 4.78 is 0. The van der Waals surface area contributed by atoms with E-state index < -0.39 is 0 Å². The maximum Gasteiger partial charge on any atom is -0.00670 e. The molecule has 0 heteroatoms. The summed E-state index contributed by atoms with van der Waals surface area (Å²) in [5, 5.41) is 0. The topological polar surface area (TPSA) is 0 Å². The van der Waals surface area contributed by atoms with E-state index in [2.05, 4.69) is 45.0 Å². The fourth-order valence-electron chi connectivity index (χ4n) is 3.05. The highest BCUT2D eigenvalue weighted by Crippen LogP contribution is 2.31. The third-order valence-electron chi connectivity index (χ3n) is 4.44. The Morgan fingerprint density at radius 1 is 1.17 bits per heavy atom. The molecule has 0 N–H and O–H groups in total. The molecule has 0 radical (unpaired) electrons. The smallest absolute Gasteiger partial charge is 0.00670 e. The first-order chi connectivity index (χ1) is 8.69. The van der Waals surface area contributed by atoms with Crippen LogP contribution in [0.15, 0.2) is 29.8 Å². The van der Waals surface area contributed by atoms with Crippen LogP contribution in [0, 0.1) is 19.8 Å². The summed E-state index contributed by atoms with van der Waals surface area (Å²) in [7, 11) is 0. The molecule has 1 aromatic rings. The summed E-state index contributed by atoms with van der Waals surface area (Å²) in [5.41, 5.74) is 5.93. The van der Waals surface area contributed by atoms with Gasteiger partial charge >= 0.3 is 0 Å². The van der Waals surface area contributed by atoms with Gasteiger partial charge in [-0.1, -0.05) is 55.5 Å². The maximum atomic E-state index is 2.35. The van der Waals surface area contributed by atoms with Crippen molar-refractivity contribution in [3.05, 3.63) is 46.5 Å². The monoisotopic (exact) mass is 242 g/mol. The molecular formula is C18H26. The number of hydrogen-bond acceptors (Lipinski definition) is 0. The molecule has 0 heterocycles. The standard InChI is InChI=1S/C18H26/c1-4-16(12-17-7-5-6-8-17)13-18-10-9-14(2)15(3)11-18/h4,9-11,17H,5-8,12-13H2,1-3H3/b16-4-. The minimum absolute atomic E-state index is 0.961. The van der Waals surface area contributed by atoms with Gasteiger partial charge in [0, 0.05) is 0 Å². The largest absolute Gasteiger partial charge is 0.0881 e. The van der Waals surface area contributed by atoms with Crippen LogP contribution >= 0.6 is 0 Å². The van der Waals surface area contributed by atoms with Gasteiger partial charge in [-0.05, 0) is 56.2 Å². The molecule has 1 aliphatic carbocycles. The summed E-state index contributed by atoms with van der Waals surface area (Å²) in [6.07, 6.45) is 10.6. The lowest BCUT2D eigenvalue weighted by Crippen LogP contribution is -1.99. The minimum Gasteiger partial charge on any atom is -0.0881 e. The molecule has 0 spiro atoms. The van der Waals surface area contributed by atoms with Gasteiger partial charge in [0.2, 0.25) is 0 Å². The van der Waals surface area contributed by atoms with Crippen LogP contribution in [0.4, 0.5) is 0 Å². The van der Waals surface area contributed by atoms with Crippen molar-refractivity contribution < 1.29 is 0 Å². The first-order valence-corrected chi connectivity index (χ1v) is 7.39. The van der Waals surface area contributed by atoms with Crippen molar-refractivity contribution in [1.82, 2.24) is 0 Å². The lowest BCUT2D eigenvalue weighted by molar-refractivity contribution is 0.538. The average molecular weight is 242 g/mol. The van der Waals surface area contributed by atoms with Crippen LogP contribution in [-0.2, 0) is 6.42 Å². The van der Waals surface area contributed by atoms with Crippen LogP contribution in [0.2, 0.25) is 0 Å². The Balaban J connectivity index is 1.99. The molecule has 0 aromatic heterocycles. The zero-order valence-electron chi connectivity index (χ0n) is 12.1. The van der Waals surface area contributed by atoms with Crippen molar-refractivity contribution in [2.75, 3.05) is 0 Å². The van der Waals surface area contributed by atoms with E-state index >= 15 is 0 Å². The lowest BCUT2D eigenvalue weighted by atomic mass is 9.92. The second kappa shape index (κ2) is 6.22. The fourth-order valence-corrected chi connectivity index (χ4v) is 3.05. The highest BCUT2D eigenvalue weighted by Gasteiger charge is 2.16. The highest BCUT2D eigenvalue weighted by atomic mass is 14.2. The number of aryl methyl sites for hydroxylation is 2. The zero-order valence-corrected chi connectivity index (χ0v) is 12.1. The Hall–Kier alpha value is -1.04. The van der Waals surface area contributed by atoms with Crippen LogP contribution in [-0.4, -0.2) is 0 Å². The van der Waals surface area contributed by atoms with Gasteiger partial charge in [-0.15, -0.1) is 0 Å². The molecular weight excluding hydrogens is 216 g/mol. The van der Waals surface area contributed by atoms with Gasteiger partial charge in [-0.25, -0.2) is 0 Å². The molecule has 1 fully saturated rings. The fraction of sp³-hybridized carbons (Fsp3) is 0.556. The molecule has 18 heavy (non-hydrogen) atoms. The van der Waals surface area contributed by atoms with Gasteiger partial charge in [-0.3, -0.25) is 0 Å². The van der Waals surface area contributed by atoms with Crippen molar-refractivity contribution in [1.29, 1.82) is 0 Å². The normalized spacial score (nSPS) is 17.4. The van der Waals surface area contributed by atoms with Crippen molar-refractivity contribution in [2.45, 2.75) is 59.3 Å². The van der Waals surface area contributed by atoms with Crippen molar-refractivity contribution in [3.63, 3.8) is 0 Å².